The van der Waals surface area contributed by atoms with Crippen LogP contribution in [0.25, 0.3) is 0 Å². The van der Waals surface area contributed by atoms with Gasteiger partial charge in [0.2, 0.25) is 11.8 Å². The zero-order valence-corrected chi connectivity index (χ0v) is 17.3. The zero-order chi connectivity index (χ0) is 21.5. The first-order valence-electron chi connectivity index (χ1n) is 10.1. The molecular weight excluding hydrogens is 397 g/mol. The maximum absolute atomic E-state index is 13.1. The largest absolute Gasteiger partial charge is 0.439 e. The summed E-state index contributed by atoms with van der Waals surface area (Å²) in [6.45, 7) is 3.89. The molecule has 8 nitrogen and oxygen atoms in total. The number of guanidine groups is 1. The second kappa shape index (κ2) is 9.84. The predicted molar refractivity (Wildman–Crippen MR) is 117 cm³/mol. The summed E-state index contributed by atoms with van der Waals surface area (Å²) in [6, 6.07) is 11.5. The van der Waals surface area contributed by atoms with Crippen molar-refractivity contribution in [1.82, 2.24) is 25.2 Å². The molecule has 2 aromatic heterocycles. The topological polar surface area (TPSA) is 78.8 Å². The number of pyridine rings is 1. The quantitative estimate of drug-likeness (QED) is 0.501. The third kappa shape index (κ3) is 5.44. The van der Waals surface area contributed by atoms with E-state index in [1.165, 1.54) is 12.1 Å². The van der Waals surface area contributed by atoms with E-state index in [-0.39, 0.29) is 5.82 Å². The zero-order valence-electron chi connectivity index (χ0n) is 17.3. The van der Waals surface area contributed by atoms with Gasteiger partial charge in [-0.25, -0.2) is 19.3 Å². The highest BCUT2D eigenvalue weighted by Gasteiger charge is 2.21. The van der Waals surface area contributed by atoms with Crippen molar-refractivity contribution in [3.05, 3.63) is 72.4 Å². The Labute approximate surface area is 180 Å². The molecular formula is C22H24FN7O. The van der Waals surface area contributed by atoms with E-state index in [2.05, 4.69) is 35.1 Å². The van der Waals surface area contributed by atoms with Gasteiger partial charge >= 0.3 is 0 Å². The van der Waals surface area contributed by atoms with Crippen molar-refractivity contribution in [2.45, 2.75) is 6.54 Å². The van der Waals surface area contributed by atoms with Gasteiger partial charge in [-0.3, -0.25) is 4.99 Å². The number of halogens is 1. The number of nitrogens with one attached hydrogen (secondary N) is 1. The SMILES string of the molecule is CN=C(NCc1ccnc(Oc2ccc(F)cc2)c1)N1CCN(c2ncccn2)CC1. The van der Waals surface area contributed by atoms with Gasteiger partial charge in [0.15, 0.2) is 5.96 Å². The second-order valence-electron chi connectivity index (χ2n) is 6.98. The fraction of sp³-hybridized carbons (Fsp3) is 0.273. The van der Waals surface area contributed by atoms with E-state index in [1.54, 1.807) is 37.8 Å². The van der Waals surface area contributed by atoms with Gasteiger partial charge in [-0.2, -0.15) is 0 Å². The van der Waals surface area contributed by atoms with Crippen molar-refractivity contribution in [2.75, 3.05) is 38.1 Å². The van der Waals surface area contributed by atoms with Crippen LogP contribution < -0.4 is 15.0 Å². The molecule has 9 heteroatoms. The van der Waals surface area contributed by atoms with Crippen LogP contribution in [0.3, 0.4) is 0 Å². The molecule has 0 aliphatic carbocycles. The molecule has 160 valence electrons. The molecule has 3 heterocycles. The van der Waals surface area contributed by atoms with Crippen molar-refractivity contribution >= 4 is 11.9 Å². The minimum atomic E-state index is -0.304. The van der Waals surface area contributed by atoms with E-state index in [0.717, 1.165) is 43.7 Å². The Kier molecular flexibility index (Phi) is 6.51. The second-order valence-corrected chi connectivity index (χ2v) is 6.98. The van der Waals surface area contributed by atoms with Crippen molar-refractivity contribution < 1.29 is 9.13 Å². The summed E-state index contributed by atoms with van der Waals surface area (Å²) in [5.41, 5.74) is 1.00. The first-order chi connectivity index (χ1) is 15.2. The summed E-state index contributed by atoms with van der Waals surface area (Å²) in [5, 5.41) is 3.40. The number of rotatable bonds is 5. The molecule has 4 rings (SSSR count). The average molecular weight is 421 g/mol. The summed E-state index contributed by atoms with van der Waals surface area (Å²) < 4.78 is 18.8. The molecule has 1 saturated heterocycles. The monoisotopic (exact) mass is 421 g/mol. The number of anilines is 1. The standard InChI is InChI=1S/C22H24FN7O/c1-24-21(29-11-13-30(14-12-29)22-26-8-2-9-27-22)28-16-17-7-10-25-20(15-17)31-19-5-3-18(23)4-6-19/h2-10,15H,11-14,16H2,1H3,(H,24,28). The Bertz CT molecular complexity index is 1010. The molecule has 0 saturated carbocycles. The van der Waals surface area contributed by atoms with Crippen LogP contribution in [0.15, 0.2) is 66.0 Å². The van der Waals surface area contributed by atoms with Gasteiger partial charge in [0.05, 0.1) is 0 Å². The smallest absolute Gasteiger partial charge is 0.225 e. The summed E-state index contributed by atoms with van der Waals surface area (Å²) in [4.78, 5) is 21.7. The maximum Gasteiger partial charge on any atom is 0.225 e. The van der Waals surface area contributed by atoms with Crippen molar-refractivity contribution in [1.29, 1.82) is 0 Å². The van der Waals surface area contributed by atoms with E-state index >= 15 is 0 Å². The van der Waals surface area contributed by atoms with Crippen LogP contribution in [0.1, 0.15) is 5.56 Å². The van der Waals surface area contributed by atoms with Crippen LogP contribution in [0.2, 0.25) is 0 Å². The number of hydrogen-bond donors (Lipinski definition) is 1. The lowest BCUT2D eigenvalue weighted by molar-refractivity contribution is 0.370. The van der Waals surface area contributed by atoms with E-state index < -0.39 is 0 Å². The maximum atomic E-state index is 13.1. The lowest BCUT2D eigenvalue weighted by Gasteiger charge is -2.36. The van der Waals surface area contributed by atoms with Gasteiger partial charge in [-0.1, -0.05) is 0 Å². The Balaban J connectivity index is 1.31. The molecule has 0 radical (unpaired) electrons. The first kappa shape index (κ1) is 20.5. The molecule has 0 atom stereocenters. The molecule has 1 aliphatic heterocycles. The number of aliphatic imine (C=N–C) groups is 1. The van der Waals surface area contributed by atoms with Gasteiger partial charge in [-0.15, -0.1) is 0 Å². The number of hydrogen-bond acceptors (Lipinski definition) is 6. The molecule has 1 N–H and O–H groups in total. The molecule has 0 spiro atoms. The average Bonchev–Trinajstić information content (AvgIpc) is 2.82. The molecule has 31 heavy (non-hydrogen) atoms. The molecule has 1 aromatic carbocycles. The van der Waals surface area contributed by atoms with Gasteiger partial charge < -0.3 is 19.9 Å². The summed E-state index contributed by atoms with van der Waals surface area (Å²) in [7, 11) is 1.78. The minimum absolute atomic E-state index is 0.304. The molecule has 1 aliphatic rings. The van der Waals surface area contributed by atoms with Crippen LogP contribution in [0.5, 0.6) is 11.6 Å². The van der Waals surface area contributed by atoms with Crippen LogP contribution in [0.4, 0.5) is 10.3 Å². The molecule has 1 fully saturated rings. The Morgan fingerprint density at radius 2 is 1.77 bits per heavy atom. The highest BCUT2D eigenvalue weighted by molar-refractivity contribution is 5.80. The van der Waals surface area contributed by atoms with E-state index in [0.29, 0.717) is 18.2 Å². The van der Waals surface area contributed by atoms with Crippen LogP contribution >= 0.6 is 0 Å². The van der Waals surface area contributed by atoms with Crippen molar-refractivity contribution in [3.8, 4) is 11.6 Å². The molecule has 0 bridgehead atoms. The normalized spacial score (nSPS) is 14.5. The number of piperazine rings is 1. The van der Waals surface area contributed by atoms with Gasteiger partial charge in [0.1, 0.15) is 11.6 Å². The van der Waals surface area contributed by atoms with Gasteiger partial charge in [0, 0.05) is 64.4 Å². The highest BCUT2D eigenvalue weighted by Crippen LogP contribution is 2.20. The van der Waals surface area contributed by atoms with Gasteiger partial charge in [-0.05, 0) is 42.0 Å². The fourth-order valence-corrected chi connectivity index (χ4v) is 3.33. The Morgan fingerprint density at radius 3 is 2.48 bits per heavy atom. The Hall–Kier alpha value is -3.75. The first-order valence-corrected chi connectivity index (χ1v) is 10.1. The summed E-state index contributed by atoms with van der Waals surface area (Å²) in [5.74, 6) is 2.29. The predicted octanol–water partition coefficient (Wildman–Crippen LogP) is 2.70. The summed E-state index contributed by atoms with van der Waals surface area (Å²) >= 11 is 0. The van der Waals surface area contributed by atoms with E-state index in [9.17, 15) is 4.39 Å². The van der Waals surface area contributed by atoms with Crippen LogP contribution in [0, 0.1) is 5.82 Å². The van der Waals surface area contributed by atoms with E-state index in [1.807, 2.05) is 18.2 Å². The minimum Gasteiger partial charge on any atom is -0.439 e. The summed E-state index contributed by atoms with van der Waals surface area (Å²) in [6.07, 6.45) is 5.22. The number of benzene rings is 1. The van der Waals surface area contributed by atoms with Crippen molar-refractivity contribution in [3.63, 3.8) is 0 Å². The molecule has 0 unspecified atom stereocenters. The van der Waals surface area contributed by atoms with Crippen molar-refractivity contribution in [2.24, 2.45) is 4.99 Å². The Morgan fingerprint density at radius 1 is 1.03 bits per heavy atom. The van der Waals surface area contributed by atoms with Gasteiger partial charge in [0.25, 0.3) is 0 Å². The van der Waals surface area contributed by atoms with Crippen LogP contribution in [-0.4, -0.2) is 59.0 Å². The number of nitrogens with zero attached hydrogens (tertiary/aromatic N) is 6. The molecule has 0 amide bonds. The lowest BCUT2D eigenvalue weighted by Crippen LogP contribution is -2.52. The third-order valence-corrected chi connectivity index (χ3v) is 4.91. The fourth-order valence-electron chi connectivity index (χ4n) is 3.33. The number of ether oxygens (including phenoxy) is 1. The van der Waals surface area contributed by atoms with Crippen LogP contribution in [-0.2, 0) is 6.54 Å². The molecule has 3 aromatic rings. The lowest BCUT2D eigenvalue weighted by atomic mass is 10.2. The number of aromatic nitrogens is 3. The highest BCUT2D eigenvalue weighted by atomic mass is 19.1. The third-order valence-electron chi connectivity index (χ3n) is 4.91. The van der Waals surface area contributed by atoms with E-state index in [4.69, 9.17) is 4.74 Å².